The molecule has 1 heterocycles. The predicted octanol–water partition coefficient (Wildman–Crippen LogP) is 1.16. The van der Waals surface area contributed by atoms with Crippen molar-refractivity contribution >= 4 is 28.6 Å². The SMILES string of the molecule is CCNC(=NCCN1C(=O)CCCC1=O)NC1CCCC(S(=O)CC)C1. The molecule has 148 valence electrons. The number of guanidine groups is 1. The third-order valence-corrected chi connectivity index (χ3v) is 6.69. The van der Waals surface area contributed by atoms with E-state index in [-0.39, 0.29) is 23.1 Å². The Bertz CT molecular complexity index is 537. The zero-order chi connectivity index (χ0) is 18.9. The Morgan fingerprint density at radius 1 is 1.19 bits per heavy atom. The first-order valence-electron chi connectivity index (χ1n) is 9.80. The first kappa shape index (κ1) is 20.9. The Kier molecular flexibility index (Phi) is 8.54. The van der Waals surface area contributed by atoms with Crippen LogP contribution in [0.2, 0.25) is 0 Å². The highest BCUT2D eigenvalue weighted by Gasteiger charge is 2.27. The van der Waals surface area contributed by atoms with Gasteiger partial charge < -0.3 is 10.6 Å². The van der Waals surface area contributed by atoms with E-state index >= 15 is 0 Å². The number of nitrogens with one attached hydrogen (secondary N) is 2. The molecule has 26 heavy (non-hydrogen) atoms. The second-order valence-corrected chi connectivity index (χ2v) is 8.86. The molecule has 2 fully saturated rings. The molecule has 0 aromatic rings. The van der Waals surface area contributed by atoms with Crippen LogP contribution < -0.4 is 10.6 Å². The molecular weight excluding hydrogens is 352 g/mol. The van der Waals surface area contributed by atoms with Crippen molar-refractivity contribution in [3.63, 3.8) is 0 Å². The average molecular weight is 385 g/mol. The minimum atomic E-state index is -0.751. The van der Waals surface area contributed by atoms with E-state index in [0.717, 1.165) is 32.2 Å². The number of nitrogens with zero attached hydrogens (tertiary/aromatic N) is 2. The van der Waals surface area contributed by atoms with Crippen LogP contribution in [-0.2, 0) is 20.4 Å². The maximum absolute atomic E-state index is 12.1. The zero-order valence-electron chi connectivity index (χ0n) is 16.0. The number of carbonyl (C=O) groups is 2. The van der Waals surface area contributed by atoms with E-state index in [1.54, 1.807) is 0 Å². The maximum Gasteiger partial charge on any atom is 0.229 e. The molecule has 1 saturated carbocycles. The summed E-state index contributed by atoms with van der Waals surface area (Å²) in [5.41, 5.74) is 0. The lowest BCUT2D eigenvalue weighted by atomic mass is 9.95. The molecule has 1 saturated heterocycles. The van der Waals surface area contributed by atoms with Crippen LogP contribution in [0, 0.1) is 0 Å². The van der Waals surface area contributed by atoms with E-state index in [1.807, 2.05) is 13.8 Å². The van der Waals surface area contributed by atoms with E-state index in [4.69, 9.17) is 0 Å². The second kappa shape index (κ2) is 10.6. The third-order valence-electron chi connectivity index (χ3n) is 4.94. The number of likely N-dealkylation sites (tertiary alicyclic amines) is 1. The molecule has 2 aliphatic rings. The van der Waals surface area contributed by atoms with E-state index in [9.17, 15) is 13.8 Å². The van der Waals surface area contributed by atoms with Gasteiger partial charge in [-0.1, -0.05) is 13.3 Å². The number of carbonyl (C=O) groups excluding carboxylic acids is 2. The number of rotatable bonds is 7. The summed E-state index contributed by atoms with van der Waals surface area (Å²) < 4.78 is 12.1. The van der Waals surface area contributed by atoms with Gasteiger partial charge in [0.05, 0.1) is 6.54 Å². The first-order chi connectivity index (χ1) is 12.5. The molecule has 3 unspecified atom stereocenters. The van der Waals surface area contributed by atoms with Gasteiger partial charge in [-0.2, -0.15) is 0 Å². The van der Waals surface area contributed by atoms with Gasteiger partial charge in [-0.3, -0.25) is 23.7 Å². The van der Waals surface area contributed by atoms with E-state index in [2.05, 4.69) is 15.6 Å². The molecule has 3 atom stereocenters. The Hall–Kier alpha value is -1.44. The molecular formula is C18H32N4O3S. The highest BCUT2D eigenvalue weighted by atomic mass is 32.2. The lowest BCUT2D eigenvalue weighted by Gasteiger charge is -2.30. The lowest BCUT2D eigenvalue weighted by Crippen LogP contribution is -2.47. The Labute approximate surface area is 158 Å². The summed E-state index contributed by atoms with van der Waals surface area (Å²) in [4.78, 5) is 29.6. The van der Waals surface area contributed by atoms with Gasteiger partial charge in [0, 0.05) is 53.8 Å². The molecule has 0 aromatic carbocycles. The Balaban J connectivity index is 1.88. The normalized spacial score (nSPS) is 25.9. The Morgan fingerprint density at radius 3 is 2.58 bits per heavy atom. The summed E-state index contributed by atoms with van der Waals surface area (Å²) in [7, 11) is -0.751. The standard InChI is InChI=1S/C18H32N4O3S/c1-3-19-18(20-11-12-22-16(23)9-6-10-17(22)24)21-14-7-5-8-15(13-14)26(25)4-2/h14-15H,3-13H2,1-2H3,(H2,19,20,21). The summed E-state index contributed by atoms with van der Waals surface area (Å²) in [5, 5.41) is 6.93. The number of aliphatic imine (C=N–C) groups is 1. The van der Waals surface area contributed by atoms with Gasteiger partial charge in [0.15, 0.2) is 5.96 Å². The van der Waals surface area contributed by atoms with Crippen molar-refractivity contribution in [1.29, 1.82) is 0 Å². The molecule has 0 radical (unpaired) electrons. The number of hydrogen-bond donors (Lipinski definition) is 2. The zero-order valence-corrected chi connectivity index (χ0v) is 16.8. The van der Waals surface area contributed by atoms with E-state index < -0.39 is 10.8 Å². The van der Waals surface area contributed by atoms with Crippen molar-refractivity contribution in [2.45, 2.75) is 70.1 Å². The average Bonchev–Trinajstić information content (AvgIpc) is 2.64. The summed E-state index contributed by atoms with van der Waals surface area (Å²) in [6, 6.07) is 0.264. The van der Waals surface area contributed by atoms with E-state index in [1.165, 1.54) is 4.90 Å². The van der Waals surface area contributed by atoms with Crippen LogP contribution in [0.25, 0.3) is 0 Å². The molecule has 2 amide bonds. The number of hydrogen-bond acceptors (Lipinski definition) is 4. The van der Waals surface area contributed by atoms with Crippen molar-refractivity contribution < 1.29 is 13.8 Å². The molecule has 1 aliphatic carbocycles. The second-order valence-electron chi connectivity index (χ2n) is 6.85. The van der Waals surface area contributed by atoms with E-state index in [0.29, 0.717) is 44.1 Å². The highest BCUT2D eigenvalue weighted by molar-refractivity contribution is 7.85. The number of imide groups is 1. The van der Waals surface area contributed by atoms with Crippen LogP contribution in [0.4, 0.5) is 0 Å². The van der Waals surface area contributed by atoms with Crippen molar-refractivity contribution in [2.24, 2.45) is 4.99 Å². The highest BCUT2D eigenvalue weighted by Crippen LogP contribution is 2.23. The van der Waals surface area contributed by atoms with Crippen LogP contribution in [0.15, 0.2) is 4.99 Å². The van der Waals surface area contributed by atoms with Crippen molar-refractivity contribution in [1.82, 2.24) is 15.5 Å². The predicted molar refractivity (Wildman–Crippen MR) is 104 cm³/mol. The summed E-state index contributed by atoms with van der Waals surface area (Å²) in [5.74, 6) is 1.24. The third kappa shape index (κ3) is 6.07. The quantitative estimate of drug-likeness (QED) is 0.390. The molecule has 0 aromatic heterocycles. The molecule has 2 N–H and O–H groups in total. The molecule has 8 heteroatoms. The van der Waals surface area contributed by atoms with Crippen molar-refractivity contribution in [2.75, 3.05) is 25.4 Å². The van der Waals surface area contributed by atoms with Crippen molar-refractivity contribution in [3.8, 4) is 0 Å². The smallest absolute Gasteiger partial charge is 0.229 e. The summed E-state index contributed by atoms with van der Waals surface area (Å²) in [6.07, 6.45) is 5.61. The largest absolute Gasteiger partial charge is 0.357 e. The molecule has 2 rings (SSSR count). The van der Waals surface area contributed by atoms with Crippen LogP contribution in [0.1, 0.15) is 58.8 Å². The minimum absolute atomic E-state index is 0.0911. The van der Waals surface area contributed by atoms with Gasteiger partial charge in [-0.25, -0.2) is 0 Å². The summed E-state index contributed by atoms with van der Waals surface area (Å²) >= 11 is 0. The van der Waals surface area contributed by atoms with Gasteiger partial charge in [-0.15, -0.1) is 0 Å². The Morgan fingerprint density at radius 2 is 1.92 bits per heavy atom. The fraction of sp³-hybridized carbons (Fsp3) is 0.833. The van der Waals surface area contributed by atoms with Crippen LogP contribution in [-0.4, -0.2) is 63.6 Å². The fourth-order valence-electron chi connectivity index (χ4n) is 3.57. The topological polar surface area (TPSA) is 90.9 Å². The lowest BCUT2D eigenvalue weighted by molar-refractivity contribution is -0.147. The van der Waals surface area contributed by atoms with Gasteiger partial charge >= 0.3 is 0 Å². The molecule has 0 spiro atoms. The number of amides is 2. The van der Waals surface area contributed by atoms with Crippen LogP contribution in [0.5, 0.6) is 0 Å². The van der Waals surface area contributed by atoms with Gasteiger partial charge in [-0.05, 0) is 32.6 Å². The molecule has 1 aliphatic heterocycles. The molecule has 7 nitrogen and oxygen atoms in total. The van der Waals surface area contributed by atoms with Crippen molar-refractivity contribution in [3.05, 3.63) is 0 Å². The van der Waals surface area contributed by atoms with Crippen LogP contribution in [0.3, 0.4) is 0 Å². The summed E-state index contributed by atoms with van der Waals surface area (Å²) in [6.45, 7) is 5.45. The monoisotopic (exact) mass is 384 g/mol. The van der Waals surface area contributed by atoms with Crippen LogP contribution >= 0.6 is 0 Å². The number of piperidine rings is 1. The maximum atomic E-state index is 12.1. The fourth-order valence-corrected chi connectivity index (χ4v) is 4.92. The van der Waals surface area contributed by atoms with Gasteiger partial charge in [0.25, 0.3) is 0 Å². The molecule has 0 bridgehead atoms. The minimum Gasteiger partial charge on any atom is -0.357 e. The first-order valence-corrected chi connectivity index (χ1v) is 11.2. The van der Waals surface area contributed by atoms with Gasteiger partial charge in [0.1, 0.15) is 0 Å². The van der Waals surface area contributed by atoms with Gasteiger partial charge in [0.2, 0.25) is 11.8 Å².